The van der Waals surface area contributed by atoms with E-state index in [1.165, 1.54) is 12.8 Å². The van der Waals surface area contributed by atoms with Crippen molar-refractivity contribution in [3.8, 4) is 0 Å². The minimum atomic E-state index is 0.601. The molecule has 0 unspecified atom stereocenters. The molecule has 1 aromatic rings. The lowest BCUT2D eigenvalue weighted by atomic mass is 10.7. The second kappa shape index (κ2) is 2.21. The fraction of sp³-hybridized carbons (Fsp3) is 0.500. The summed E-state index contributed by atoms with van der Waals surface area (Å²) < 4.78 is 0. The van der Waals surface area contributed by atoms with Crippen LogP contribution in [0.3, 0.4) is 0 Å². The Labute approximate surface area is 58.7 Å². The summed E-state index contributed by atoms with van der Waals surface area (Å²) in [6, 6.07) is 0.601. The van der Waals surface area contributed by atoms with Gasteiger partial charge in [0.25, 0.3) is 0 Å². The van der Waals surface area contributed by atoms with Crippen LogP contribution in [0.25, 0.3) is 0 Å². The summed E-state index contributed by atoms with van der Waals surface area (Å²) in [5.41, 5.74) is 0. The third-order valence-electron chi connectivity index (χ3n) is 1.39. The average molecular weight is 136 g/mol. The van der Waals surface area contributed by atoms with Gasteiger partial charge in [0.1, 0.15) is 0 Å². The maximum atomic E-state index is 3.97. The van der Waals surface area contributed by atoms with E-state index >= 15 is 0 Å². The van der Waals surface area contributed by atoms with Crippen LogP contribution in [0, 0.1) is 0 Å². The highest BCUT2D eigenvalue weighted by molar-refractivity contribution is 5.24. The van der Waals surface area contributed by atoms with Gasteiger partial charge in [0.15, 0.2) is 0 Å². The molecule has 52 valence electrons. The number of hydrogen-bond acceptors (Lipinski definition) is 4. The molecule has 1 heterocycles. The van der Waals surface area contributed by atoms with Crippen molar-refractivity contribution in [2.45, 2.75) is 18.9 Å². The molecule has 0 aliphatic heterocycles. The van der Waals surface area contributed by atoms with Crippen molar-refractivity contribution in [2.24, 2.45) is 0 Å². The number of aromatic nitrogens is 3. The van der Waals surface area contributed by atoms with E-state index in [4.69, 9.17) is 0 Å². The topological polar surface area (TPSA) is 50.7 Å². The third-order valence-corrected chi connectivity index (χ3v) is 1.39. The zero-order valence-corrected chi connectivity index (χ0v) is 5.49. The summed E-state index contributed by atoms with van der Waals surface area (Å²) in [4.78, 5) is 3.97. The van der Waals surface area contributed by atoms with Gasteiger partial charge in [-0.15, -0.1) is 5.10 Å². The van der Waals surface area contributed by atoms with Gasteiger partial charge in [0.05, 0.1) is 12.4 Å². The minimum Gasteiger partial charge on any atom is -0.350 e. The Balaban J connectivity index is 2.03. The summed E-state index contributed by atoms with van der Waals surface area (Å²) in [6.45, 7) is 0. The zero-order chi connectivity index (χ0) is 6.81. The monoisotopic (exact) mass is 136 g/mol. The Morgan fingerprint density at radius 2 is 2.30 bits per heavy atom. The van der Waals surface area contributed by atoms with Gasteiger partial charge in [-0.1, -0.05) is 0 Å². The maximum Gasteiger partial charge on any atom is 0.242 e. The van der Waals surface area contributed by atoms with Crippen LogP contribution in [0.15, 0.2) is 12.4 Å². The number of anilines is 1. The van der Waals surface area contributed by atoms with Crippen LogP contribution in [-0.2, 0) is 0 Å². The predicted molar refractivity (Wildman–Crippen MR) is 36.5 cm³/mol. The van der Waals surface area contributed by atoms with E-state index in [2.05, 4.69) is 20.5 Å². The predicted octanol–water partition coefficient (Wildman–Crippen LogP) is 0.446. The molecule has 4 heteroatoms. The standard InChI is InChI=1S/C6H8N4/c1-2-5(1)9-6-7-3-4-8-10-6/h3-5H,1-2H2,(H,7,9,10). The quantitative estimate of drug-likeness (QED) is 0.641. The molecule has 10 heavy (non-hydrogen) atoms. The molecular weight excluding hydrogens is 128 g/mol. The van der Waals surface area contributed by atoms with E-state index in [9.17, 15) is 0 Å². The molecule has 0 amide bonds. The first kappa shape index (κ1) is 5.58. The molecule has 0 saturated heterocycles. The van der Waals surface area contributed by atoms with Crippen LogP contribution in [-0.4, -0.2) is 21.2 Å². The summed E-state index contributed by atoms with van der Waals surface area (Å²) in [5, 5.41) is 10.6. The highest BCUT2D eigenvalue weighted by Gasteiger charge is 2.21. The van der Waals surface area contributed by atoms with Gasteiger partial charge < -0.3 is 5.32 Å². The number of nitrogens with one attached hydrogen (secondary N) is 1. The molecule has 4 nitrogen and oxygen atoms in total. The van der Waals surface area contributed by atoms with Crippen LogP contribution in [0.1, 0.15) is 12.8 Å². The molecule has 1 fully saturated rings. The molecular formula is C6H8N4. The fourth-order valence-electron chi connectivity index (χ4n) is 0.724. The van der Waals surface area contributed by atoms with Crippen LogP contribution in [0.5, 0.6) is 0 Å². The Kier molecular flexibility index (Phi) is 1.23. The summed E-state index contributed by atoms with van der Waals surface area (Å²) in [7, 11) is 0. The molecule has 0 bridgehead atoms. The first-order valence-corrected chi connectivity index (χ1v) is 3.35. The van der Waals surface area contributed by atoms with Gasteiger partial charge in [0.2, 0.25) is 5.95 Å². The van der Waals surface area contributed by atoms with E-state index in [0.29, 0.717) is 12.0 Å². The van der Waals surface area contributed by atoms with Crippen molar-refractivity contribution >= 4 is 5.95 Å². The second-order valence-corrected chi connectivity index (χ2v) is 2.38. The van der Waals surface area contributed by atoms with Gasteiger partial charge in [-0.3, -0.25) is 0 Å². The molecule has 1 aliphatic carbocycles. The summed E-state index contributed by atoms with van der Waals surface area (Å²) in [5.74, 6) is 0.644. The summed E-state index contributed by atoms with van der Waals surface area (Å²) in [6.07, 6.45) is 5.67. The smallest absolute Gasteiger partial charge is 0.242 e. The van der Waals surface area contributed by atoms with Crippen molar-refractivity contribution in [3.05, 3.63) is 12.4 Å². The van der Waals surface area contributed by atoms with Crippen molar-refractivity contribution < 1.29 is 0 Å². The SMILES string of the molecule is c1cnc(NC2CC2)nn1. The highest BCUT2D eigenvalue weighted by Crippen LogP contribution is 2.21. The second-order valence-electron chi connectivity index (χ2n) is 2.38. The highest BCUT2D eigenvalue weighted by atomic mass is 15.2. The normalized spacial score (nSPS) is 16.8. The molecule has 0 aromatic carbocycles. The van der Waals surface area contributed by atoms with Gasteiger partial charge in [0, 0.05) is 6.04 Å². The maximum absolute atomic E-state index is 3.97. The van der Waals surface area contributed by atoms with Crippen LogP contribution < -0.4 is 5.32 Å². The number of nitrogens with zero attached hydrogens (tertiary/aromatic N) is 3. The Morgan fingerprint density at radius 3 is 2.90 bits per heavy atom. The van der Waals surface area contributed by atoms with E-state index < -0.39 is 0 Å². The Bertz CT molecular complexity index is 206. The fourth-order valence-corrected chi connectivity index (χ4v) is 0.724. The lowest BCUT2D eigenvalue weighted by Crippen LogP contribution is -2.05. The van der Waals surface area contributed by atoms with Crippen molar-refractivity contribution in [3.63, 3.8) is 0 Å². The summed E-state index contributed by atoms with van der Waals surface area (Å²) >= 11 is 0. The Morgan fingerprint density at radius 1 is 1.40 bits per heavy atom. The van der Waals surface area contributed by atoms with Crippen LogP contribution in [0.2, 0.25) is 0 Å². The Hall–Kier alpha value is -1.19. The molecule has 0 radical (unpaired) electrons. The number of rotatable bonds is 2. The lowest BCUT2D eigenvalue weighted by molar-refractivity contribution is 0.944. The third kappa shape index (κ3) is 1.21. The first-order valence-electron chi connectivity index (χ1n) is 3.35. The van der Waals surface area contributed by atoms with Gasteiger partial charge in [-0.2, -0.15) is 5.10 Å². The van der Waals surface area contributed by atoms with E-state index in [1.807, 2.05) is 0 Å². The van der Waals surface area contributed by atoms with Gasteiger partial charge >= 0.3 is 0 Å². The van der Waals surface area contributed by atoms with Gasteiger partial charge in [-0.25, -0.2) is 4.98 Å². The van der Waals surface area contributed by atoms with Crippen LogP contribution in [0.4, 0.5) is 5.95 Å². The zero-order valence-electron chi connectivity index (χ0n) is 5.49. The molecule has 0 spiro atoms. The molecule has 1 aliphatic rings. The largest absolute Gasteiger partial charge is 0.350 e. The van der Waals surface area contributed by atoms with Crippen molar-refractivity contribution in [1.82, 2.24) is 15.2 Å². The molecule has 1 aromatic heterocycles. The molecule has 1 N–H and O–H groups in total. The van der Waals surface area contributed by atoms with Crippen molar-refractivity contribution in [2.75, 3.05) is 5.32 Å². The van der Waals surface area contributed by atoms with E-state index in [-0.39, 0.29) is 0 Å². The molecule has 1 saturated carbocycles. The van der Waals surface area contributed by atoms with Crippen LogP contribution >= 0.6 is 0 Å². The van der Waals surface area contributed by atoms with Gasteiger partial charge in [-0.05, 0) is 12.8 Å². The first-order chi connectivity index (χ1) is 4.95. The lowest BCUT2D eigenvalue weighted by Gasteiger charge is -1.97. The van der Waals surface area contributed by atoms with Crippen molar-refractivity contribution in [1.29, 1.82) is 0 Å². The number of hydrogen-bond donors (Lipinski definition) is 1. The average Bonchev–Trinajstić information content (AvgIpc) is 2.74. The van der Waals surface area contributed by atoms with E-state index in [0.717, 1.165) is 0 Å². The molecule has 2 rings (SSSR count). The minimum absolute atomic E-state index is 0.601. The van der Waals surface area contributed by atoms with E-state index in [1.54, 1.807) is 12.4 Å². The molecule has 0 atom stereocenters.